The number of anilines is 3. The number of hydrogen-bond donors (Lipinski definition) is 2. The fourth-order valence-corrected chi connectivity index (χ4v) is 1.76. The molecule has 0 radical (unpaired) electrons. The Balaban J connectivity index is 2.28. The first kappa shape index (κ1) is 15.1. The third-order valence-corrected chi connectivity index (χ3v) is 2.82. The lowest BCUT2D eigenvalue weighted by Crippen LogP contribution is -2.07. The van der Waals surface area contributed by atoms with Crippen molar-refractivity contribution >= 4 is 17.3 Å². The van der Waals surface area contributed by atoms with E-state index in [9.17, 15) is 13.2 Å². The monoisotopic (exact) mass is 296 g/mol. The van der Waals surface area contributed by atoms with Gasteiger partial charge in [0.15, 0.2) is 5.82 Å². The van der Waals surface area contributed by atoms with Crippen LogP contribution in [0.15, 0.2) is 30.6 Å². The molecule has 21 heavy (non-hydrogen) atoms. The van der Waals surface area contributed by atoms with Crippen molar-refractivity contribution in [1.29, 1.82) is 0 Å². The zero-order valence-corrected chi connectivity index (χ0v) is 11.6. The van der Waals surface area contributed by atoms with E-state index in [-0.39, 0.29) is 0 Å². The molecule has 1 heterocycles. The summed E-state index contributed by atoms with van der Waals surface area (Å²) in [5, 5.41) is 5.86. The highest BCUT2D eigenvalue weighted by atomic mass is 19.4. The fraction of sp³-hybridized carbons (Fsp3) is 0.286. The average Bonchev–Trinajstić information content (AvgIpc) is 2.41. The van der Waals surface area contributed by atoms with Crippen LogP contribution < -0.4 is 10.6 Å². The molecule has 0 saturated carbocycles. The highest BCUT2D eigenvalue weighted by molar-refractivity contribution is 5.62. The molecule has 2 N–H and O–H groups in total. The Morgan fingerprint density at radius 1 is 1.14 bits per heavy atom. The Labute approximate surface area is 120 Å². The molecular weight excluding hydrogens is 281 g/mol. The van der Waals surface area contributed by atoms with Gasteiger partial charge in [-0.1, -0.05) is 6.07 Å². The van der Waals surface area contributed by atoms with Crippen molar-refractivity contribution in [1.82, 2.24) is 9.97 Å². The topological polar surface area (TPSA) is 49.8 Å². The molecule has 0 unspecified atom stereocenters. The summed E-state index contributed by atoms with van der Waals surface area (Å²) in [5.41, 5.74) is 0.345. The van der Waals surface area contributed by atoms with Gasteiger partial charge in [0.2, 0.25) is 0 Å². The van der Waals surface area contributed by atoms with E-state index in [1.54, 1.807) is 13.1 Å². The Bertz CT molecular complexity index is 626. The van der Waals surface area contributed by atoms with Crippen LogP contribution in [-0.2, 0) is 6.18 Å². The Hall–Kier alpha value is -2.31. The number of aromatic nitrogens is 2. The summed E-state index contributed by atoms with van der Waals surface area (Å²) in [6.07, 6.45) is -1.37. The smallest absolute Gasteiger partial charge is 0.369 e. The van der Waals surface area contributed by atoms with Gasteiger partial charge in [0.05, 0.1) is 18.0 Å². The maximum atomic E-state index is 12.7. The van der Waals surface area contributed by atoms with E-state index in [4.69, 9.17) is 0 Å². The molecule has 2 rings (SSSR count). The zero-order valence-electron chi connectivity index (χ0n) is 11.6. The summed E-state index contributed by atoms with van der Waals surface area (Å²) in [6.45, 7) is 4.32. The molecule has 0 atom stereocenters. The summed E-state index contributed by atoms with van der Waals surface area (Å²) < 4.78 is 38.2. The first-order valence-corrected chi connectivity index (χ1v) is 6.41. The first-order chi connectivity index (χ1) is 9.90. The second-order valence-corrected chi connectivity index (χ2v) is 4.47. The Morgan fingerprint density at radius 2 is 1.86 bits per heavy atom. The zero-order chi connectivity index (χ0) is 15.5. The normalized spacial score (nSPS) is 11.3. The minimum atomic E-state index is -4.37. The van der Waals surface area contributed by atoms with Gasteiger partial charge in [0, 0.05) is 12.2 Å². The number of alkyl halides is 3. The molecule has 0 aliphatic rings. The van der Waals surface area contributed by atoms with Crippen LogP contribution in [-0.4, -0.2) is 16.5 Å². The van der Waals surface area contributed by atoms with Crippen molar-refractivity contribution in [2.45, 2.75) is 20.0 Å². The Kier molecular flexibility index (Phi) is 4.30. The van der Waals surface area contributed by atoms with Gasteiger partial charge in [0.1, 0.15) is 5.82 Å². The molecule has 0 aliphatic carbocycles. The van der Waals surface area contributed by atoms with Crippen molar-refractivity contribution in [2.75, 3.05) is 17.2 Å². The lowest BCUT2D eigenvalue weighted by molar-refractivity contribution is -0.137. The first-order valence-electron chi connectivity index (χ1n) is 6.41. The van der Waals surface area contributed by atoms with Crippen molar-refractivity contribution in [3.05, 3.63) is 41.7 Å². The summed E-state index contributed by atoms with van der Waals surface area (Å²) in [5.74, 6) is 0.947. The van der Waals surface area contributed by atoms with Crippen LogP contribution in [0.5, 0.6) is 0 Å². The molecule has 0 saturated heterocycles. The number of halogens is 3. The van der Waals surface area contributed by atoms with E-state index in [2.05, 4.69) is 20.6 Å². The average molecular weight is 296 g/mol. The van der Waals surface area contributed by atoms with Gasteiger partial charge in [-0.25, -0.2) is 4.98 Å². The predicted octanol–water partition coefficient (Wildman–Crippen LogP) is 3.98. The van der Waals surface area contributed by atoms with Crippen molar-refractivity contribution in [3.63, 3.8) is 0 Å². The quantitative estimate of drug-likeness (QED) is 0.896. The third-order valence-electron chi connectivity index (χ3n) is 2.82. The number of nitrogens with one attached hydrogen (secondary N) is 2. The lowest BCUT2D eigenvalue weighted by atomic mass is 10.1. The molecule has 0 amide bonds. The molecule has 7 heteroatoms. The molecule has 0 bridgehead atoms. The third kappa shape index (κ3) is 3.84. The van der Waals surface area contributed by atoms with Crippen LogP contribution in [0, 0.1) is 6.92 Å². The highest BCUT2D eigenvalue weighted by Crippen LogP contribution is 2.32. The van der Waals surface area contributed by atoms with Gasteiger partial charge in [0.25, 0.3) is 0 Å². The second kappa shape index (κ2) is 5.99. The van der Waals surface area contributed by atoms with Gasteiger partial charge in [-0.3, -0.25) is 4.98 Å². The summed E-state index contributed by atoms with van der Waals surface area (Å²) >= 11 is 0. The van der Waals surface area contributed by atoms with E-state index in [1.165, 1.54) is 12.3 Å². The maximum Gasteiger partial charge on any atom is 0.416 e. The SMILES string of the molecule is CCNc1cncc(Nc2cc(C(F)(F)F)ccc2C)n1. The van der Waals surface area contributed by atoms with Gasteiger partial charge >= 0.3 is 6.18 Å². The van der Waals surface area contributed by atoms with Crippen LogP contribution in [0.1, 0.15) is 18.1 Å². The largest absolute Gasteiger partial charge is 0.416 e. The number of benzene rings is 1. The molecule has 0 spiro atoms. The maximum absolute atomic E-state index is 12.7. The van der Waals surface area contributed by atoms with Crippen LogP contribution in [0.2, 0.25) is 0 Å². The number of aryl methyl sites for hydroxylation is 1. The van der Waals surface area contributed by atoms with E-state index >= 15 is 0 Å². The fourth-order valence-electron chi connectivity index (χ4n) is 1.76. The molecular formula is C14H15F3N4. The van der Waals surface area contributed by atoms with Crippen molar-refractivity contribution < 1.29 is 13.2 Å². The van der Waals surface area contributed by atoms with E-state index in [0.717, 1.165) is 12.1 Å². The summed E-state index contributed by atoms with van der Waals surface area (Å²) in [4.78, 5) is 8.22. The Morgan fingerprint density at radius 3 is 2.52 bits per heavy atom. The molecule has 0 aliphatic heterocycles. The highest BCUT2D eigenvalue weighted by Gasteiger charge is 2.30. The van der Waals surface area contributed by atoms with Crippen molar-refractivity contribution in [2.24, 2.45) is 0 Å². The molecule has 1 aromatic heterocycles. The standard InChI is InChI=1S/C14H15F3N4/c1-3-19-12-7-18-8-13(21-12)20-11-6-10(14(15,16)17)5-4-9(11)2/h4-8H,3H2,1-2H3,(H2,19,20,21). The van der Waals surface area contributed by atoms with Crippen molar-refractivity contribution in [3.8, 4) is 0 Å². The van der Waals surface area contributed by atoms with Crippen LogP contribution in [0.4, 0.5) is 30.5 Å². The minimum absolute atomic E-state index is 0.354. The minimum Gasteiger partial charge on any atom is -0.369 e. The number of nitrogens with zero attached hydrogens (tertiary/aromatic N) is 2. The van der Waals surface area contributed by atoms with Crippen LogP contribution >= 0.6 is 0 Å². The van der Waals surface area contributed by atoms with Crippen LogP contribution in [0.3, 0.4) is 0 Å². The summed E-state index contributed by atoms with van der Waals surface area (Å²) in [7, 11) is 0. The van der Waals surface area contributed by atoms with Gasteiger partial charge in [-0.15, -0.1) is 0 Å². The van der Waals surface area contributed by atoms with E-state index in [0.29, 0.717) is 29.4 Å². The molecule has 112 valence electrons. The molecule has 0 fully saturated rings. The van der Waals surface area contributed by atoms with Gasteiger partial charge < -0.3 is 10.6 Å². The molecule has 2 aromatic rings. The van der Waals surface area contributed by atoms with Gasteiger partial charge in [-0.05, 0) is 31.5 Å². The summed E-state index contributed by atoms with van der Waals surface area (Å²) in [6, 6.07) is 3.55. The van der Waals surface area contributed by atoms with E-state index in [1.807, 2.05) is 6.92 Å². The molecule has 1 aromatic carbocycles. The molecule has 4 nitrogen and oxygen atoms in total. The van der Waals surface area contributed by atoms with E-state index < -0.39 is 11.7 Å². The predicted molar refractivity (Wildman–Crippen MR) is 75.7 cm³/mol. The second-order valence-electron chi connectivity index (χ2n) is 4.47. The lowest BCUT2D eigenvalue weighted by Gasteiger charge is -2.13. The van der Waals surface area contributed by atoms with Crippen LogP contribution in [0.25, 0.3) is 0 Å². The number of rotatable bonds is 4. The number of hydrogen-bond acceptors (Lipinski definition) is 4. The van der Waals surface area contributed by atoms with Gasteiger partial charge in [-0.2, -0.15) is 13.2 Å².